The standard InChI is InChI=1S/C26H20N2O3/c1-3-8-21(4-2)28(22-9-6-5-7-10-22)23-13-11-19(12-14-23)25-16-15-24(31-25)17-20(18-27)26(29)30/h3-17H,1-2H2,(H,29,30)/b20-17+,21-8+. The lowest BCUT2D eigenvalue weighted by atomic mass is 10.1. The lowest BCUT2D eigenvalue weighted by Crippen LogP contribution is -2.14. The molecule has 0 spiro atoms. The molecule has 31 heavy (non-hydrogen) atoms. The Balaban J connectivity index is 1.95. The molecule has 0 unspecified atom stereocenters. The maximum absolute atomic E-state index is 11.0. The molecule has 0 radical (unpaired) electrons. The SMILES string of the molecule is C=C/C=C(\C=C)N(c1ccccc1)c1ccc(-c2ccc(/C=C(\C#N)C(=O)O)o2)cc1. The molecule has 0 atom stereocenters. The Labute approximate surface area is 180 Å². The zero-order valence-electron chi connectivity index (χ0n) is 16.7. The number of carboxylic acid groups (broad SMARTS) is 1. The molecule has 0 aliphatic rings. The summed E-state index contributed by atoms with van der Waals surface area (Å²) in [5.41, 5.74) is 3.20. The van der Waals surface area contributed by atoms with Crippen LogP contribution >= 0.6 is 0 Å². The highest BCUT2D eigenvalue weighted by Gasteiger charge is 2.13. The minimum absolute atomic E-state index is 0.298. The average Bonchev–Trinajstić information content (AvgIpc) is 3.26. The molecule has 0 fully saturated rings. The molecule has 152 valence electrons. The lowest BCUT2D eigenvalue weighted by Gasteiger charge is -2.26. The molecule has 2 aromatic carbocycles. The molecule has 0 saturated carbocycles. The van der Waals surface area contributed by atoms with Crippen LogP contribution < -0.4 is 4.90 Å². The van der Waals surface area contributed by atoms with Crippen LogP contribution in [-0.2, 0) is 4.79 Å². The van der Waals surface area contributed by atoms with Crippen LogP contribution in [0.3, 0.4) is 0 Å². The Bertz CT molecular complexity index is 1190. The average molecular weight is 408 g/mol. The van der Waals surface area contributed by atoms with Crippen LogP contribution in [0.15, 0.2) is 114 Å². The Morgan fingerprint density at radius 3 is 2.26 bits per heavy atom. The molecule has 0 bridgehead atoms. The van der Waals surface area contributed by atoms with Crippen LogP contribution in [-0.4, -0.2) is 11.1 Å². The van der Waals surface area contributed by atoms with Crippen LogP contribution in [0, 0.1) is 11.3 Å². The fourth-order valence-corrected chi connectivity index (χ4v) is 3.02. The lowest BCUT2D eigenvalue weighted by molar-refractivity contribution is -0.132. The number of aliphatic carboxylic acids is 1. The smallest absolute Gasteiger partial charge is 0.346 e. The number of carboxylic acids is 1. The van der Waals surface area contributed by atoms with E-state index >= 15 is 0 Å². The first-order chi connectivity index (χ1) is 15.1. The first-order valence-electron chi connectivity index (χ1n) is 9.43. The number of para-hydroxylation sites is 1. The van der Waals surface area contributed by atoms with Gasteiger partial charge < -0.3 is 14.4 Å². The quantitative estimate of drug-likeness (QED) is 0.268. The monoisotopic (exact) mass is 408 g/mol. The van der Waals surface area contributed by atoms with Gasteiger partial charge in [0.1, 0.15) is 23.2 Å². The van der Waals surface area contributed by atoms with Gasteiger partial charge in [-0.3, -0.25) is 0 Å². The van der Waals surface area contributed by atoms with Crippen molar-refractivity contribution in [3.05, 3.63) is 115 Å². The topological polar surface area (TPSA) is 77.5 Å². The van der Waals surface area contributed by atoms with E-state index in [0.717, 1.165) is 22.6 Å². The first-order valence-corrected chi connectivity index (χ1v) is 9.43. The zero-order valence-corrected chi connectivity index (χ0v) is 16.7. The highest BCUT2D eigenvalue weighted by Crippen LogP contribution is 2.32. The van der Waals surface area contributed by atoms with E-state index < -0.39 is 5.97 Å². The van der Waals surface area contributed by atoms with E-state index in [4.69, 9.17) is 14.8 Å². The van der Waals surface area contributed by atoms with E-state index in [0.29, 0.717) is 11.5 Å². The molecule has 1 N–H and O–H groups in total. The summed E-state index contributed by atoms with van der Waals surface area (Å²) in [6.07, 6.45) is 6.57. The van der Waals surface area contributed by atoms with Gasteiger partial charge >= 0.3 is 5.97 Å². The molecule has 5 nitrogen and oxygen atoms in total. The summed E-state index contributed by atoms with van der Waals surface area (Å²) in [4.78, 5) is 13.1. The third-order valence-electron chi connectivity index (χ3n) is 4.44. The van der Waals surface area contributed by atoms with Crippen molar-refractivity contribution in [3.63, 3.8) is 0 Å². The summed E-state index contributed by atoms with van der Waals surface area (Å²) in [6.45, 7) is 7.71. The van der Waals surface area contributed by atoms with Gasteiger partial charge in [-0.2, -0.15) is 5.26 Å². The minimum Gasteiger partial charge on any atom is -0.477 e. The number of hydrogen-bond donors (Lipinski definition) is 1. The largest absolute Gasteiger partial charge is 0.477 e. The highest BCUT2D eigenvalue weighted by molar-refractivity contribution is 5.96. The van der Waals surface area contributed by atoms with Gasteiger partial charge in [0.2, 0.25) is 0 Å². The number of allylic oxidation sites excluding steroid dienone is 3. The van der Waals surface area contributed by atoms with E-state index in [1.807, 2.05) is 60.7 Å². The van der Waals surface area contributed by atoms with E-state index in [-0.39, 0.29) is 5.57 Å². The predicted molar refractivity (Wildman–Crippen MR) is 122 cm³/mol. The highest BCUT2D eigenvalue weighted by atomic mass is 16.4. The van der Waals surface area contributed by atoms with Crippen molar-refractivity contribution in [1.82, 2.24) is 0 Å². The molecule has 0 amide bonds. The first kappa shape index (κ1) is 21.2. The fourth-order valence-electron chi connectivity index (χ4n) is 3.02. The second-order valence-electron chi connectivity index (χ2n) is 6.43. The Hall–Kier alpha value is -4.56. The van der Waals surface area contributed by atoms with Gasteiger partial charge in [0.15, 0.2) is 0 Å². The number of nitriles is 1. The fraction of sp³-hybridized carbons (Fsp3) is 0. The van der Waals surface area contributed by atoms with E-state index in [2.05, 4.69) is 18.1 Å². The molecule has 1 heterocycles. The Morgan fingerprint density at radius 1 is 1.00 bits per heavy atom. The molecule has 0 aliphatic heterocycles. The summed E-state index contributed by atoms with van der Waals surface area (Å²) < 4.78 is 5.70. The summed E-state index contributed by atoms with van der Waals surface area (Å²) >= 11 is 0. The zero-order chi connectivity index (χ0) is 22.2. The van der Waals surface area contributed by atoms with Crippen molar-refractivity contribution in [2.24, 2.45) is 0 Å². The molecule has 0 aliphatic carbocycles. The normalized spacial score (nSPS) is 11.5. The number of furan rings is 1. The van der Waals surface area contributed by atoms with E-state index in [1.165, 1.54) is 6.08 Å². The van der Waals surface area contributed by atoms with Crippen LogP contribution in [0.25, 0.3) is 17.4 Å². The molecule has 5 heteroatoms. The van der Waals surface area contributed by atoms with E-state index in [1.54, 1.807) is 30.4 Å². The Kier molecular flexibility index (Phi) is 6.67. The van der Waals surface area contributed by atoms with Crippen molar-refractivity contribution in [3.8, 4) is 17.4 Å². The van der Waals surface area contributed by atoms with Gasteiger partial charge in [-0.05, 0) is 60.7 Å². The molecule has 3 aromatic rings. The van der Waals surface area contributed by atoms with Crippen LogP contribution in [0.2, 0.25) is 0 Å². The third kappa shape index (κ3) is 4.89. The van der Waals surface area contributed by atoms with Gasteiger partial charge in [-0.25, -0.2) is 4.79 Å². The van der Waals surface area contributed by atoms with Crippen molar-refractivity contribution in [2.45, 2.75) is 0 Å². The molecule has 3 rings (SSSR count). The molecule has 1 aromatic heterocycles. The summed E-state index contributed by atoms with van der Waals surface area (Å²) in [5.74, 6) is -0.430. The minimum atomic E-state index is -1.29. The van der Waals surface area contributed by atoms with Crippen molar-refractivity contribution < 1.29 is 14.3 Å². The van der Waals surface area contributed by atoms with Gasteiger partial charge in [-0.1, -0.05) is 37.4 Å². The molecular formula is C26H20N2O3. The second kappa shape index (κ2) is 9.77. The summed E-state index contributed by atoms with van der Waals surface area (Å²) in [5, 5.41) is 17.9. The number of benzene rings is 2. The third-order valence-corrected chi connectivity index (χ3v) is 4.44. The predicted octanol–water partition coefficient (Wildman–Crippen LogP) is 6.33. The van der Waals surface area contributed by atoms with Gasteiger partial charge in [-0.15, -0.1) is 0 Å². The number of anilines is 2. The molecular weight excluding hydrogens is 388 g/mol. The van der Waals surface area contributed by atoms with Crippen molar-refractivity contribution >= 4 is 23.4 Å². The molecule has 0 saturated heterocycles. The van der Waals surface area contributed by atoms with Crippen LogP contribution in [0.4, 0.5) is 11.4 Å². The number of nitrogens with zero attached hydrogens (tertiary/aromatic N) is 2. The maximum atomic E-state index is 11.0. The maximum Gasteiger partial charge on any atom is 0.346 e. The van der Waals surface area contributed by atoms with Crippen LogP contribution in [0.5, 0.6) is 0 Å². The Morgan fingerprint density at radius 2 is 1.68 bits per heavy atom. The van der Waals surface area contributed by atoms with Gasteiger partial charge in [0.05, 0.1) is 0 Å². The number of hydrogen-bond acceptors (Lipinski definition) is 4. The van der Waals surface area contributed by atoms with E-state index in [9.17, 15) is 4.79 Å². The number of rotatable bonds is 8. The van der Waals surface area contributed by atoms with Crippen molar-refractivity contribution in [1.29, 1.82) is 5.26 Å². The van der Waals surface area contributed by atoms with Crippen molar-refractivity contribution in [2.75, 3.05) is 4.90 Å². The van der Waals surface area contributed by atoms with Gasteiger partial charge in [0, 0.05) is 28.7 Å². The summed E-state index contributed by atoms with van der Waals surface area (Å²) in [7, 11) is 0. The number of carbonyl (C=O) groups is 1. The summed E-state index contributed by atoms with van der Waals surface area (Å²) in [6, 6.07) is 22.6. The van der Waals surface area contributed by atoms with Gasteiger partial charge in [0.25, 0.3) is 0 Å². The second-order valence-corrected chi connectivity index (χ2v) is 6.43. The van der Waals surface area contributed by atoms with Crippen LogP contribution in [0.1, 0.15) is 5.76 Å².